The van der Waals surface area contributed by atoms with E-state index in [4.69, 9.17) is 0 Å². The first-order valence-corrected chi connectivity index (χ1v) is 3.01. The molecule has 10 heavy (non-hydrogen) atoms. The molecule has 1 rings (SSSR count). The van der Waals surface area contributed by atoms with Gasteiger partial charge in [0.05, 0.1) is 0 Å². The Kier molecular flexibility index (Phi) is 4.19. The van der Waals surface area contributed by atoms with Crippen LogP contribution < -0.4 is 18.9 Å². The van der Waals surface area contributed by atoms with Crippen LogP contribution in [0.15, 0.2) is 16.6 Å². The molecule has 0 heterocycles. The van der Waals surface area contributed by atoms with Crippen LogP contribution in [0.25, 0.3) is 0 Å². The molecular weight excluding hydrogens is 197 g/mol. The van der Waals surface area contributed by atoms with E-state index in [1.807, 2.05) is 0 Å². The zero-order chi connectivity index (χ0) is 6.85. The molecule has 0 N–H and O–H groups in total. The van der Waals surface area contributed by atoms with Crippen molar-refractivity contribution in [3.05, 3.63) is 34.3 Å². The standard InChI is InChI=1S/C6H2BrF2.Li/c7-5-3-4(8)1-2-6(5)9;/h2-3H;/q-1;+1. The van der Waals surface area contributed by atoms with Gasteiger partial charge in [-0.2, -0.15) is 0 Å². The summed E-state index contributed by atoms with van der Waals surface area (Å²) in [4.78, 5) is 0. The molecule has 0 spiro atoms. The molecule has 0 amide bonds. The van der Waals surface area contributed by atoms with Gasteiger partial charge in [0.1, 0.15) is 0 Å². The van der Waals surface area contributed by atoms with E-state index in [0.29, 0.717) is 0 Å². The van der Waals surface area contributed by atoms with Crippen LogP contribution in [0.2, 0.25) is 0 Å². The number of hydrogen-bond acceptors (Lipinski definition) is 0. The monoisotopic (exact) mass is 198 g/mol. The van der Waals surface area contributed by atoms with Crippen LogP contribution in [0, 0.1) is 17.7 Å². The van der Waals surface area contributed by atoms with Gasteiger partial charge in [0.15, 0.2) is 0 Å². The van der Waals surface area contributed by atoms with Gasteiger partial charge < -0.3 is 0 Å². The fourth-order valence-electron chi connectivity index (χ4n) is 0.423. The van der Waals surface area contributed by atoms with Gasteiger partial charge in [0.2, 0.25) is 0 Å². The Morgan fingerprint density at radius 1 is 1.40 bits per heavy atom. The summed E-state index contributed by atoms with van der Waals surface area (Å²) in [5.41, 5.74) is 0. The molecule has 0 aliphatic carbocycles. The SMILES string of the molecule is Fc1[c-]cc(F)c(Br)c1.[Li+]. The minimum absolute atomic E-state index is 0. The van der Waals surface area contributed by atoms with Gasteiger partial charge >= 0.3 is 18.9 Å². The smallest absolute Gasteiger partial charge is 0.283 e. The second kappa shape index (κ2) is 4.12. The molecule has 4 heteroatoms. The van der Waals surface area contributed by atoms with Crippen LogP contribution in [0.4, 0.5) is 8.78 Å². The molecule has 0 aliphatic heterocycles. The number of hydrogen-bond donors (Lipinski definition) is 0. The van der Waals surface area contributed by atoms with Crippen LogP contribution >= 0.6 is 15.9 Å². The molecule has 0 radical (unpaired) electrons. The van der Waals surface area contributed by atoms with Gasteiger partial charge in [-0.1, -0.05) is 20.4 Å². The summed E-state index contributed by atoms with van der Waals surface area (Å²) >= 11 is 2.81. The first kappa shape index (κ1) is 10.2. The maximum atomic E-state index is 12.3. The molecule has 0 fully saturated rings. The minimum atomic E-state index is -0.566. The van der Waals surface area contributed by atoms with Gasteiger partial charge in [-0.25, -0.2) is 4.39 Å². The van der Waals surface area contributed by atoms with Crippen molar-refractivity contribution in [2.75, 3.05) is 0 Å². The number of rotatable bonds is 0. The average Bonchev–Trinajstić information content (AvgIpc) is 1.80. The Morgan fingerprint density at radius 2 is 2.00 bits per heavy atom. The van der Waals surface area contributed by atoms with Crippen molar-refractivity contribution in [3.63, 3.8) is 0 Å². The second-order valence-corrected chi connectivity index (χ2v) is 2.33. The van der Waals surface area contributed by atoms with Crippen molar-refractivity contribution in [2.24, 2.45) is 0 Å². The van der Waals surface area contributed by atoms with Crippen LogP contribution in [-0.2, 0) is 0 Å². The number of halogens is 3. The van der Waals surface area contributed by atoms with Crippen molar-refractivity contribution in [1.29, 1.82) is 0 Å². The first-order chi connectivity index (χ1) is 4.20. The van der Waals surface area contributed by atoms with Gasteiger partial charge in [-0.05, 0) is 0 Å². The van der Waals surface area contributed by atoms with E-state index in [2.05, 4.69) is 22.0 Å². The van der Waals surface area contributed by atoms with Gasteiger partial charge in [-0.3, -0.25) is 4.39 Å². The summed E-state index contributed by atoms with van der Waals surface area (Å²) in [7, 11) is 0. The second-order valence-electron chi connectivity index (χ2n) is 1.48. The van der Waals surface area contributed by atoms with Crippen molar-refractivity contribution in [2.45, 2.75) is 0 Å². The Labute approximate surface area is 77.9 Å². The van der Waals surface area contributed by atoms with E-state index in [9.17, 15) is 8.78 Å². The van der Waals surface area contributed by atoms with Gasteiger partial charge in [-0.15, -0.1) is 18.2 Å². The molecule has 0 unspecified atom stereocenters. The average molecular weight is 199 g/mol. The molecular formula is C6H2BrF2Li. The molecule has 0 bridgehead atoms. The Bertz CT molecular complexity index is 227. The molecule has 0 aromatic heterocycles. The zero-order valence-corrected chi connectivity index (χ0v) is 6.87. The van der Waals surface area contributed by atoms with Crippen molar-refractivity contribution in [1.82, 2.24) is 0 Å². The molecule has 0 nitrogen and oxygen atoms in total. The first-order valence-electron chi connectivity index (χ1n) is 2.22. The quantitative estimate of drug-likeness (QED) is 0.301. The summed E-state index contributed by atoms with van der Waals surface area (Å²) in [5.74, 6) is -1.07. The summed E-state index contributed by atoms with van der Waals surface area (Å²) in [6, 6.07) is 4.04. The Balaban J connectivity index is 0.000000810. The predicted molar refractivity (Wildman–Crippen MR) is 32.9 cm³/mol. The van der Waals surface area contributed by atoms with E-state index >= 15 is 0 Å². The molecule has 1 aromatic carbocycles. The summed E-state index contributed by atoms with van der Waals surface area (Å²) in [6.07, 6.45) is 0. The molecule has 48 valence electrons. The van der Waals surface area contributed by atoms with Crippen LogP contribution in [0.1, 0.15) is 0 Å². The summed E-state index contributed by atoms with van der Waals surface area (Å²) in [6.45, 7) is 0. The maximum absolute atomic E-state index is 12.3. The fourth-order valence-corrected chi connectivity index (χ4v) is 0.739. The van der Waals surface area contributed by atoms with Crippen LogP contribution in [0.3, 0.4) is 0 Å². The molecule has 0 aliphatic rings. The van der Waals surface area contributed by atoms with Crippen LogP contribution in [0.5, 0.6) is 0 Å². The van der Waals surface area contributed by atoms with Crippen LogP contribution in [-0.4, -0.2) is 0 Å². The fraction of sp³-hybridized carbons (Fsp3) is 0. The van der Waals surface area contributed by atoms with E-state index in [-0.39, 0.29) is 23.3 Å². The van der Waals surface area contributed by atoms with Crippen molar-refractivity contribution < 1.29 is 27.6 Å². The van der Waals surface area contributed by atoms with Gasteiger partial charge in [0.25, 0.3) is 0 Å². The van der Waals surface area contributed by atoms with E-state index < -0.39 is 11.6 Å². The molecule has 0 atom stereocenters. The predicted octanol–water partition coefficient (Wildman–Crippen LogP) is -0.469. The van der Waals surface area contributed by atoms with E-state index in [1.165, 1.54) is 0 Å². The molecule has 0 saturated heterocycles. The van der Waals surface area contributed by atoms with Crippen molar-refractivity contribution >= 4 is 15.9 Å². The minimum Gasteiger partial charge on any atom is -0.283 e. The molecule has 0 saturated carbocycles. The van der Waals surface area contributed by atoms with E-state index in [0.717, 1.165) is 12.1 Å². The Hall–Kier alpha value is 0.157. The third-order valence-electron chi connectivity index (χ3n) is 0.818. The third kappa shape index (κ3) is 2.41. The van der Waals surface area contributed by atoms with Crippen molar-refractivity contribution in [3.8, 4) is 0 Å². The molecule has 1 aromatic rings. The maximum Gasteiger partial charge on any atom is 1.00 e. The normalized spacial score (nSPS) is 8.70. The number of benzene rings is 1. The Morgan fingerprint density at radius 3 is 2.40 bits per heavy atom. The largest absolute Gasteiger partial charge is 1.00 e. The third-order valence-corrected chi connectivity index (χ3v) is 1.43. The zero-order valence-electron chi connectivity index (χ0n) is 5.29. The topological polar surface area (TPSA) is 0 Å². The van der Waals surface area contributed by atoms with Gasteiger partial charge in [0, 0.05) is 11.6 Å². The summed E-state index contributed by atoms with van der Waals surface area (Å²) < 4.78 is 24.5. The summed E-state index contributed by atoms with van der Waals surface area (Å²) in [5, 5.41) is 0. The van der Waals surface area contributed by atoms with E-state index in [1.54, 1.807) is 0 Å².